The molecule has 0 amide bonds. The average Bonchev–Trinajstić information content (AvgIpc) is 3.32. The lowest BCUT2D eigenvalue weighted by atomic mass is 9.95. The van der Waals surface area contributed by atoms with Crippen LogP contribution in [-0.2, 0) is 11.2 Å². The van der Waals surface area contributed by atoms with Gasteiger partial charge in [0.25, 0.3) is 0 Å². The van der Waals surface area contributed by atoms with E-state index in [0.29, 0.717) is 54.6 Å². The van der Waals surface area contributed by atoms with Gasteiger partial charge in [0.15, 0.2) is 0 Å². The van der Waals surface area contributed by atoms with Crippen LogP contribution < -0.4 is 4.90 Å². The molecular formula is C21H28F4N4OS. The van der Waals surface area contributed by atoms with Gasteiger partial charge in [0.1, 0.15) is 22.6 Å². The lowest BCUT2D eigenvalue weighted by Gasteiger charge is -2.35. The highest BCUT2D eigenvalue weighted by molar-refractivity contribution is 7.18. The Morgan fingerprint density at radius 2 is 2.06 bits per heavy atom. The number of halogens is 4. The van der Waals surface area contributed by atoms with E-state index in [1.165, 1.54) is 6.33 Å². The zero-order valence-corrected chi connectivity index (χ0v) is 18.4. The van der Waals surface area contributed by atoms with Gasteiger partial charge in [-0.1, -0.05) is 6.92 Å². The molecule has 2 aromatic rings. The van der Waals surface area contributed by atoms with Crippen LogP contribution in [0.4, 0.5) is 23.4 Å². The Kier molecular flexibility index (Phi) is 6.69. The summed E-state index contributed by atoms with van der Waals surface area (Å²) in [6.07, 6.45) is -1.93. The molecule has 10 heteroatoms. The van der Waals surface area contributed by atoms with Crippen LogP contribution in [0.1, 0.15) is 31.1 Å². The fourth-order valence-corrected chi connectivity index (χ4v) is 5.59. The summed E-state index contributed by atoms with van der Waals surface area (Å²) in [4.78, 5) is 13.7. The van der Waals surface area contributed by atoms with E-state index < -0.39 is 18.3 Å². The second-order valence-corrected chi connectivity index (χ2v) is 9.73. The predicted molar refractivity (Wildman–Crippen MR) is 114 cm³/mol. The SMILES string of the molecule is CCN(C[C@@H]1CCN(c2ncnc3sc(CC(F)(F)F)cc23)C1)CC1(F)CCOCC1. The fraction of sp³-hybridized carbons (Fsp3) is 0.714. The van der Waals surface area contributed by atoms with Crippen LogP contribution in [0.2, 0.25) is 0 Å². The molecule has 0 bridgehead atoms. The van der Waals surface area contributed by atoms with Gasteiger partial charge in [0.2, 0.25) is 0 Å². The monoisotopic (exact) mass is 460 g/mol. The number of hydrogen-bond acceptors (Lipinski definition) is 6. The molecule has 0 aromatic carbocycles. The van der Waals surface area contributed by atoms with Gasteiger partial charge >= 0.3 is 6.18 Å². The molecular weight excluding hydrogens is 432 g/mol. The van der Waals surface area contributed by atoms with Crippen LogP contribution in [0, 0.1) is 5.92 Å². The summed E-state index contributed by atoms with van der Waals surface area (Å²) in [5.41, 5.74) is -1.18. The second-order valence-electron chi connectivity index (χ2n) is 8.61. The molecule has 5 nitrogen and oxygen atoms in total. The quantitative estimate of drug-likeness (QED) is 0.571. The summed E-state index contributed by atoms with van der Waals surface area (Å²) in [6.45, 7) is 6.56. The van der Waals surface area contributed by atoms with Crippen molar-refractivity contribution < 1.29 is 22.3 Å². The van der Waals surface area contributed by atoms with E-state index in [1.807, 2.05) is 0 Å². The lowest BCUT2D eigenvalue weighted by molar-refractivity contribution is -0.126. The van der Waals surface area contributed by atoms with E-state index in [0.717, 1.165) is 43.9 Å². The maximum Gasteiger partial charge on any atom is 0.393 e. The molecule has 0 spiro atoms. The molecule has 31 heavy (non-hydrogen) atoms. The van der Waals surface area contributed by atoms with Crippen molar-refractivity contribution in [1.82, 2.24) is 14.9 Å². The molecule has 1 atom stereocenters. The maximum atomic E-state index is 15.1. The van der Waals surface area contributed by atoms with Gasteiger partial charge in [-0.2, -0.15) is 13.2 Å². The molecule has 0 N–H and O–H groups in total. The summed E-state index contributed by atoms with van der Waals surface area (Å²) in [6, 6.07) is 1.58. The molecule has 4 rings (SSSR count). The normalized spacial score (nSPS) is 22.0. The topological polar surface area (TPSA) is 41.5 Å². The van der Waals surface area contributed by atoms with E-state index in [4.69, 9.17) is 4.74 Å². The Morgan fingerprint density at radius 1 is 1.29 bits per heavy atom. The van der Waals surface area contributed by atoms with E-state index in [-0.39, 0.29) is 4.88 Å². The van der Waals surface area contributed by atoms with Crippen molar-refractivity contribution in [2.24, 2.45) is 5.92 Å². The molecule has 0 radical (unpaired) electrons. The van der Waals surface area contributed by atoms with Crippen molar-refractivity contribution >= 4 is 27.4 Å². The van der Waals surface area contributed by atoms with E-state index in [9.17, 15) is 13.2 Å². The highest BCUT2D eigenvalue weighted by atomic mass is 32.1. The number of aromatic nitrogens is 2. The zero-order valence-electron chi connectivity index (χ0n) is 17.6. The standard InChI is InChI=1S/C21H28F4N4OS/c1-2-28(13-20(22)4-7-30-8-5-20)11-15-3-6-29(12-15)18-17-9-16(10-21(23,24)25)31-19(17)27-14-26-18/h9,14-15H,2-8,10-13H2,1H3/t15-/m0/s1. The molecule has 2 aliphatic rings. The molecule has 2 aliphatic heterocycles. The van der Waals surface area contributed by atoms with Crippen molar-refractivity contribution in [2.75, 3.05) is 50.8 Å². The number of ether oxygens (including phenoxy) is 1. The summed E-state index contributed by atoms with van der Waals surface area (Å²) in [5, 5.41) is 0.685. The Morgan fingerprint density at radius 3 is 2.77 bits per heavy atom. The van der Waals surface area contributed by atoms with Gasteiger partial charge in [-0.15, -0.1) is 11.3 Å². The Bertz CT molecular complexity index is 884. The van der Waals surface area contributed by atoms with E-state index in [2.05, 4.69) is 26.7 Å². The maximum absolute atomic E-state index is 15.1. The highest BCUT2D eigenvalue weighted by Gasteiger charge is 2.35. The fourth-order valence-electron chi connectivity index (χ4n) is 4.57. The Hall–Kier alpha value is -1.52. The number of anilines is 1. The number of thiophene rings is 1. The Labute approximate surface area is 183 Å². The first-order chi connectivity index (χ1) is 14.7. The highest BCUT2D eigenvalue weighted by Crippen LogP contribution is 2.35. The van der Waals surface area contributed by atoms with E-state index in [1.54, 1.807) is 6.07 Å². The van der Waals surface area contributed by atoms with Gasteiger partial charge < -0.3 is 14.5 Å². The predicted octanol–water partition coefficient (Wildman–Crippen LogP) is 4.46. The smallest absolute Gasteiger partial charge is 0.381 e. The van der Waals surface area contributed by atoms with Crippen molar-refractivity contribution in [3.63, 3.8) is 0 Å². The minimum Gasteiger partial charge on any atom is -0.381 e. The van der Waals surface area contributed by atoms with Crippen LogP contribution in [-0.4, -0.2) is 72.7 Å². The minimum absolute atomic E-state index is 0.252. The number of rotatable bonds is 7. The number of hydrogen-bond donors (Lipinski definition) is 0. The molecule has 0 saturated carbocycles. The number of fused-ring (bicyclic) bond motifs is 1. The van der Waals surface area contributed by atoms with Gasteiger partial charge in [-0.3, -0.25) is 0 Å². The number of nitrogens with zero attached hydrogens (tertiary/aromatic N) is 4. The van der Waals surface area contributed by atoms with Crippen molar-refractivity contribution in [3.8, 4) is 0 Å². The molecule has 172 valence electrons. The first-order valence-corrected chi connectivity index (χ1v) is 11.6. The molecule has 2 fully saturated rings. The summed E-state index contributed by atoms with van der Waals surface area (Å²) in [7, 11) is 0. The van der Waals surface area contributed by atoms with E-state index >= 15 is 4.39 Å². The molecule has 0 unspecified atom stereocenters. The second kappa shape index (κ2) is 9.15. The third kappa shape index (κ3) is 5.64. The first kappa shape index (κ1) is 22.7. The van der Waals surface area contributed by atoms with Crippen LogP contribution in [0.15, 0.2) is 12.4 Å². The Balaban J connectivity index is 1.41. The molecule has 0 aliphatic carbocycles. The third-order valence-electron chi connectivity index (χ3n) is 6.18. The minimum atomic E-state index is -4.24. The summed E-state index contributed by atoms with van der Waals surface area (Å²) >= 11 is 1.07. The van der Waals surface area contributed by atoms with Crippen molar-refractivity contribution in [2.45, 2.75) is 44.5 Å². The third-order valence-corrected chi connectivity index (χ3v) is 7.22. The van der Waals surface area contributed by atoms with Gasteiger partial charge in [0.05, 0.1) is 11.8 Å². The van der Waals surface area contributed by atoms with Crippen LogP contribution in [0.25, 0.3) is 10.2 Å². The molecule has 4 heterocycles. The zero-order chi connectivity index (χ0) is 22.1. The van der Waals surface area contributed by atoms with Crippen LogP contribution in [0.5, 0.6) is 0 Å². The van der Waals surface area contributed by atoms with Gasteiger partial charge in [0, 0.05) is 57.1 Å². The van der Waals surface area contributed by atoms with Crippen molar-refractivity contribution in [3.05, 3.63) is 17.3 Å². The lowest BCUT2D eigenvalue weighted by Crippen LogP contribution is -2.45. The molecule has 2 aromatic heterocycles. The largest absolute Gasteiger partial charge is 0.393 e. The first-order valence-electron chi connectivity index (χ1n) is 10.8. The summed E-state index contributed by atoms with van der Waals surface area (Å²) < 4.78 is 58.8. The van der Waals surface area contributed by atoms with Gasteiger partial charge in [-0.25, -0.2) is 14.4 Å². The average molecular weight is 461 g/mol. The summed E-state index contributed by atoms with van der Waals surface area (Å²) in [5.74, 6) is 1.06. The molecule has 2 saturated heterocycles. The number of alkyl halides is 4. The van der Waals surface area contributed by atoms with Crippen LogP contribution in [0.3, 0.4) is 0 Å². The van der Waals surface area contributed by atoms with Gasteiger partial charge in [-0.05, 0) is 24.9 Å². The van der Waals surface area contributed by atoms with Crippen molar-refractivity contribution in [1.29, 1.82) is 0 Å². The van der Waals surface area contributed by atoms with Crippen LogP contribution >= 0.6 is 11.3 Å².